The van der Waals surface area contributed by atoms with Gasteiger partial charge < -0.3 is 10.5 Å². The third-order valence-corrected chi connectivity index (χ3v) is 6.55. The third-order valence-electron chi connectivity index (χ3n) is 3.65. The monoisotopic (exact) mass is 233 g/mol. The minimum Gasteiger partial charge on any atom is -0.377 e. The topological polar surface area (TPSA) is 69.4 Å². The zero-order valence-corrected chi connectivity index (χ0v) is 9.87. The summed E-state index contributed by atoms with van der Waals surface area (Å²) in [5, 5.41) is -0.654. The Morgan fingerprint density at radius 3 is 2.40 bits per heavy atom. The van der Waals surface area contributed by atoms with Gasteiger partial charge >= 0.3 is 0 Å². The van der Waals surface area contributed by atoms with Crippen molar-refractivity contribution in [3.8, 4) is 0 Å². The number of hydrogen-bond acceptors (Lipinski definition) is 4. The van der Waals surface area contributed by atoms with Crippen molar-refractivity contribution in [2.75, 3.05) is 6.61 Å². The molecule has 88 valence electrons. The SMILES string of the molecule is CC1OCCC1S(=O)(=O)C1CCCC1N. The summed E-state index contributed by atoms with van der Waals surface area (Å²) in [5.74, 6) is 0. The molecule has 4 atom stereocenters. The van der Waals surface area contributed by atoms with Crippen LogP contribution in [0, 0.1) is 0 Å². The van der Waals surface area contributed by atoms with Crippen molar-refractivity contribution in [3.63, 3.8) is 0 Å². The van der Waals surface area contributed by atoms with E-state index in [0.29, 0.717) is 13.0 Å². The van der Waals surface area contributed by atoms with E-state index in [0.717, 1.165) is 19.3 Å². The van der Waals surface area contributed by atoms with Crippen LogP contribution in [-0.4, -0.2) is 37.7 Å². The van der Waals surface area contributed by atoms with Gasteiger partial charge in [0.2, 0.25) is 0 Å². The molecule has 2 rings (SSSR count). The molecule has 15 heavy (non-hydrogen) atoms. The molecule has 5 heteroatoms. The Labute approximate surface area is 91.1 Å². The van der Waals surface area contributed by atoms with E-state index in [9.17, 15) is 8.42 Å². The molecule has 2 fully saturated rings. The van der Waals surface area contributed by atoms with Gasteiger partial charge in [-0.25, -0.2) is 8.42 Å². The van der Waals surface area contributed by atoms with E-state index >= 15 is 0 Å². The molecule has 1 saturated heterocycles. The molecule has 1 heterocycles. The van der Waals surface area contributed by atoms with Crippen LogP contribution in [0.3, 0.4) is 0 Å². The molecular formula is C10H19NO3S. The summed E-state index contributed by atoms with van der Waals surface area (Å²) < 4.78 is 29.9. The molecule has 4 unspecified atom stereocenters. The molecule has 0 spiro atoms. The normalized spacial score (nSPS) is 42.3. The van der Waals surface area contributed by atoms with Gasteiger partial charge in [0.1, 0.15) is 0 Å². The summed E-state index contributed by atoms with van der Waals surface area (Å²) in [7, 11) is -3.09. The fraction of sp³-hybridized carbons (Fsp3) is 1.00. The Hall–Kier alpha value is -0.130. The average Bonchev–Trinajstić information content (AvgIpc) is 2.73. The molecule has 2 aliphatic rings. The standard InChI is InChI=1S/C10H19NO3S/c1-7-9(5-6-14-7)15(12,13)10-4-2-3-8(10)11/h7-10H,2-6,11H2,1H3. The van der Waals surface area contributed by atoms with Gasteiger partial charge in [-0.3, -0.25) is 0 Å². The first-order valence-corrected chi connectivity index (χ1v) is 7.24. The van der Waals surface area contributed by atoms with Gasteiger partial charge in [-0.05, 0) is 26.2 Å². The number of hydrogen-bond donors (Lipinski definition) is 1. The summed E-state index contributed by atoms with van der Waals surface area (Å²) >= 11 is 0. The summed E-state index contributed by atoms with van der Waals surface area (Å²) in [6.07, 6.45) is 2.97. The van der Waals surface area contributed by atoms with Crippen molar-refractivity contribution in [1.29, 1.82) is 0 Å². The van der Waals surface area contributed by atoms with Crippen LogP contribution in [0.4, 0.5) is 0 Å². The minimum atomic E-state index is -3.09. The number of ether oxygens (including phenoxy) is 1. The van der Waals surface area contributed by atoms with Crippen LogP contribution in [0.5, 0.6) is 0 Å². The lowest BCUT2D eigenvalue weighted by atomic mass is 10.2. The van der Waals surface area contributed by atoms with Crippen molar-refractivity contribution in [1.82, 2.24) is 0 Å². The number of nitrogens with two attached hydrogens (primary N) is 1. The van der Waals surface area contributed by atoms with Crippen LogP contribution in [0.2, 0.25) is 0 Å². The van der Waals surface area contributed by atoms with Crippen molar-refractivity contribution < 1.29 is 13.2 Å². The van der Waals surface area contributed by atoms with Crippen LogP contribution >= 0.6 is 0 Å². The van der Waals surface area contributed by atoms with Crippen LogP contribution in [-0.2, 0) is 14.6 Å². The Morgan fingerprint density at radius 1 is 1.20 bits per heavy atom. The molecule has 1 aliphatic carbocycles. The van der Waals surface area contributed by atoms with Crippen LogP contribution in [0.25, 0.3) is 0 Å². The molecule has 2 N–H and O–H groups in total. The molecule has 0 amide bonds. The molecule has 0 bridgehead atoms. The van der Waals surface area contributed by atoms with Gasteiger partial charge in [0.05, 0.1) is 16.6 Å². The van der Waals surface area contributed by atoms with Crippen molar-refractivity contribution in [2.24, 2.45) is 5.73 Å². The Bertz CT molecular complexity index is 302. The quantitative estimate of drug-likeness (QED) is 0.752. The van der Waals surface area contributed by atoms with E-state index in [1.54, 1.807) is 0 Å². The summed E-state index contributed by atoms with van der Waals surface area (Å²) in [6.45, 7) is 2.41. The lowest BCUT2D eigenvalue weighted by molar-refractivity contribution is 0.126. The maximum atomic E-state index is 12.3. The molecular weight excluding hydrogens is 214 g/mol. The smallest absolute Gasteiger partial charge is 0.160 e. The molecule has 0 aromatic carbocycles. The molecule has 4 nitrogen and oxygen atoms in total. The zero-order chi connectivity index (χ0) is 11.1. The van der Waals surface area contributed by atoms with Gasteiger partial charge in [0, 0.05) is 12.6 Å². The zero-order valence-electron chi connectivity index (χ0n) is 9.06. The van der Waals surface area contributed by atoms with Crippen molar-refractivity contribution >= 4 is 9.84 Å². The Kier molecular flexibility index (Phi) is 3.05. The molecule has 0 aromatic rings. The maximum absolute atomic E-state index is 12.3. The van der Waals surface area contributed by atoms with E-state index in [-0.39, 0.29) is 22.6 Å². The molecule has 0 radical (unpaired) electrons. The second-order valence-corrected chi connectivity index (χ2v) is 7.01. The van der Waals surface area contributed by atoms with Crippen molar-refractivity contribution in [2.45, 2.75) is 55.3 Å². The fourth-order valence-corrected chi connectivity index (χ4v) is 5.34. The number of sulfone groups is 1. The van der Waals surface area contributed by atoms with E-state index in [1.807, 2.05) is 6.92 Å². The first kappa shape index (κ1) is 11.4. The highest BCUT2D eigenvalue weighted by Gasteiger charge is 2.44. The van der Waals surface area contributed by atoms with Gasteiger partial charge in [-0.15, -0.1) is 0 Å². The molecule has 1 aliphatic heterocycles. The van der Waals surface area contributed by atoms with E-state index in [2.05, 4.69) is 0 Å². The highest BCUT2D eigenvalue weighted by Crippen LogP contribution is 2.31. The van der Waals surface area contributed by atoms with Gasteiger partial charge in [-0.1, -0.05) is 6.42 Å². The average molecular weight is 233 g/mol. The highest BCUT2D eigenvalue weighted by atomic mass is 32.2. The second kappa shape index (κ2) is 4.03. The first-order chi connectivity index (χ1) is 7.03. The first-order valence-electron chi connectivity index (χ1n) is 5.63. The second-order valence-electron chi connectivity index (χ2n) is 4.63. The Balaban J connectivity index is 2.18. The van der Waals surface area contributed by atoms with Gasteiger partial charge in [-0.2, -0.15) is 0 Å². The Morgan fingerprint density at radius 2 is 1.93 bits per heavy atom. The van der Waals surface area contributed by atoms with Gasteiger partial charge in [0.25, 0.3) is 0 Å². The number of rotatable bonds is 2. The minimum absolute atomic E-state index is 0.164. The van der Waals surface area contributed by atoms with E-state index < -0.39 is 9.84 Å². The third kappa shape index (κ3) is 1.92. The van der Waals surface area contributed by atoms with Crippen LogP contribution in [0.15, 0.2) is 0 Å². The predicted molar refractivity (Wildman–Crippen MR) is 58.4 cm³/mol. The summed E-state index contributed by atoms with van der Waals surface area (Å²) in [5.41, 5.74) is 5.86. The van der Waals surface area contributed by atoms with Crippen molar-refractivity contribution in [3.05, 3.63) is 0 Å². The molecule has 0 aromatic heterocycles. The lowest BCUT2D eigenvalue weighted by Gasteiger charge is -2.22. The van der Waals surface area contributed by atoms with Crippen LogP contribution in [0.1, 0.15) is 32.6 Å². The molecule has 1 saturated carbocycles. The van der Waals surface area contributed by atoms with Crippen LogP contribution < -0.4 is 5.73 Å². The highest BCUT2D eigenvalue weighted by molar-refractivity contribution is 7.92. The summed E-state index contributed by atoms with van der Waals surface area (Å²) in [6, 6.07) is -0.164. The van der Waals surface area contributed by atoms with Gasteiger partial charge in [0.15, 0.2) is 9.84 Å². The fourth-order valence-electron chi connectivity index (χ4n) is 2.73. The predicted octanol–water partition coefficient (Wildman–Crippen LogP) is 0.458. The van der Waals surface area contributed by atoms with E-state index in [4.69, 9.17) is 10.5 Å². The summed E-state index contributed by atoms with van der Waals surface area (Å²) in [4.78, 5) is 0. The largest absolute Gasteiger partial charge is 0.377 e. The maximum Gasteiger partial charge on any atom is 0.160 e. The lowest BCUT2D eigenvalue weighted by Crippen LogP contribution is -2.43. The van der Waals surface area contributed by atoms with E-state index in [1.165, 1.54) is 0 Å².